The molecular weight excluding hydrogens is 238 g/mol. The fraction of sp³-hybridized carbons (Fsp3) is 0.562. The molecule has 3 rings (SSSR count). The number of likely N-dealkylation sites (tertiary alicyclic amines) is 1. The highest BCUT2D eigenvalue weighted by Crippen LogP contribution is 2.29. The van der Waals surface area contributed by atoms with Gasteiger partial charge in [0.25, 0.3) is 0 Å². The number of fused-ring (bicyclic) bond motifs is 1. The summed E-state index contributed by atoms with van der Waals surface area (Å²) in [5.74, 6) is 1.22. The molecule has 1 aromatic rings. The number of hydrogen-bond acceptors (Lipinski definition) is 2. The molecule has 2 unspecified atom stereocenters. The normalized spacial score (nSPS) is 26.5. The molecule has 0 radical (unpaired) electrons. The van der Waals surface area contributed by atoms with Gasteiger partial charge >= 0.3 is 0 Å². The van der Waals surface area contributed by atoms with E-state index in [9.17, 15) is 4.79 Å². The fourth-order valence-electron chi connectivity index (χ4n) is 3.15. The van der Waals surface area contributed by atoms with Crippen LogP contribution in [0.25, 0.3) is 0 Å². The number of benzene rings is 1. The van der Waals surface area contributed by atoms with E-state index in [1.54, 1.807) is 0 Å². The van der Waals surface area contributed by atoms with Gasteiger partial charge in [-0.2, -0.15) is 0 Å². The van der Waals surface area contributed by atoms with Crippen molar-refractivity contribution in [2.45, 2.75) is 38.6 Å². The van der Waals surface area contributed by atoms with Crippen LogP contribution >= 0.6 is 0 Å². The highest BCUT2D eigenvalue weighted by atomic mass is 16.5. The Balaban J connectivity index is 1.72. The second kappa shape index (κ2) is 5.24. The van der Waals surface area contributed by atoms with Gasteiger partial charge < -0.3 is 9.64 Å². The SMILES string of the molecule is CC1CCCCN1C(=O)C1COc2ccccc2C1. The molecule has 2 heterocycles. The van der Waals surface area contributed by atoms with Crippen molar-refractivity contribution >= 4 is 5.91 Å². The largest absolute Gasteiger partial charge is 0.492 e. The number of piperidine rings is 1. The summed E-state index contributed by atoms with van der Waals surface area (Å²) in [6.07, 6.45) is 4.34. The van der Waals surface area contributed by atoms with E-state index in [-0.39, 0.29) is 11.8 Å². The monoisotopic (exact) mass is 259 g/mol. The summed E-state index contributed by atoms with van der Waals surface area (Å²) >= 11 is 0. The summed E-state index contributed by atoms with van der Waals surface area (Å²) < 4.78 is 5.74. The zero-order valence-corrected chi connectivity index (χ0v) is 11.5. The lowest BCUT2D eigenvalue weighted by atomic mass is 9.93. The lowest BCUT2D eigenvalue weighted by Gasteiger charge is -2.37. The number of carbonyl (C=O) groups is 1. The predicted molar refractivity (Wildman–Crippen MR) is 74.2 cm³/mol. The Morgan fingerprint density at radius 1 is 1.32 bits per heavy atom. The van der Waals surface area contributed by atoms with Crippen LogP contribution in [0, 0.1) is 5.92 Å². The minimum Gasteiger partial charge on any atom is -0.492 e. The van der Waals surface area contributed by atoms with E-state index in [4.69, 9.17) is 4.74 Å². The van der Waals surface area contributed by atoms with E-state index in [0.29, 0.717) is 12.6 Å². The number of amides is 1. The number of rotatable bonds is 1. The van der Waals surface area contributed by atoms with Crippen LogP contribution in [0.3, 0.4) is 0 Å². The van der Waals surface area contributed by atoms with Crippen molar-refractivity contribution < 1.29 is 9.53 Å². The van der Waals surface area contributed by atoms with Crippen molar-refractivity contribution in [2.24, 2.45) is 5.92 Å². The summed E-state index contributed by atoms with van der Waals surface area (Å²) in [7, 11) is 0. The molecule has 102 valence electrons. The van der Waals surface area contributed by atoms with Crippen LogP contribution in [0.5, 0.6) is 5.75 Å². The van der Waals surface area contributed by atoms with Gasteiger partial charge in [-0.3, -0.25) is 4.79 Å². The molecule has 2 aliphatic rings. The Labute approximate surface area is 114 Å². The minimum absolute atomic E-state index is 0.00421. The van der Waals surface area contributed by atoms with Crippen molar-refractivity contribution in [3.63, 3.8) is 0 Å². The average molecular weight is 259 g/mol. The fourth-order valence-corrected chi connectivity index (χ4v) is 3.15. The topological polar surface area (TPSA) is 29.5 Å². The number of hydrogen-bond donors (Lipinski definition) is 0. The van der Waals surface area contributed by atoms with E-state index < -0.39 is 0 Å². The zero-order chi connectivity index (χ0) is 13.2. The van der Waals surface area contributed by atoms with Crippen LogP contribution in [0.1, 0.15) is 31.7 Å². The third kappa shape index (κ3) is 2.46. The van der Waals surface area contributed by atoms with Crippen LogP contribution < -0.4 is 4.74 Å². The van der Waals surface area contributed by atoms with Crippen molar-refractivity contribution in [2.75, 3.05) is 13.2 Å². The molecule has 3 heteroatoms. The minimum atomic E-state index is -0.00421. The first kappa shape index (κ1) is 12.5. The van der Waals surface area contributed by atoms with Crippen LogP contribution in [0.2, 0.25) is 0 Å². The summed E-state index contributed by atoms with van der Waals surface area (Å²) in [5.41, 5.74) is 1.16. The van der Waals surface area contributed by atoms with E-state index in [1.165, 1.54) is 6.42 Å². The first-order chi connectivity index (χ1) is 9.25. The van der Waals surface area contributed by atoms with E-state index in [1.807, 2.05) is 18.2 Å². The van der Waals surface area contributed by atoms with Gasteiger partial charge in [-0.25, -0.2) is 0 Å². The third-order valence-corrected chi connectivity index (χ3v) is 4.31. The molecule has 1 fully saturated rings. The van der Waals surface area contributed by atoms with Gasteiger partial charge in [0.2, 0.25) is 5.91 Å². The predicted octanol–water partition coefficient (Wildman–Crippen LogP) is 2.64. The molecule has 0 aromatic heterocycles. The van der Waals surface area contributed by atoms with Crippen molar-refractivity contribution in [3.8, 4) is 5.75 Å². The summed E-state index contributed by atoms with van der Waals surface area (Å²) in [4.78, 5) is 14.7. The molecular formula is C16H21NO2. The highest BCUT2D eigenvalue weighted by Gasteiger charge is 2.32. The molecule has 0 saturated carbocycles. The Bertz CT molecular complexity index is 472. The number of nitrogens with zero attached hydrogens (tertiary/aromatic N) is 1. The Morgan fingerprint density at radius 2 is 2.16 bits per heavy atom. The number of ether oxygens (including phenoxy) is 1. The van der Waals surface area contributed by atoms with Gasteiger partial charge in [0.1, 0.15) is 12.4 Å². The Kier molecular flexibility index (Phi) is 3.45. The maximum Gasteiger partial charge on any atom is 0.229 e. The highest BCUT2D eigenvalue weighted by molar-refractivity contribution is 5.80. The smallest absolute Gasteiger partial charge is 0.229 e. The summed E-state index contributed by atoms with van der Waals surface area (Å²) in [6, 6.07) is 8.43. The molecule has 1 saturated heterocycles. The van der Waals surface area contributed by atoms with Crippen LogP contribution in [0.4, 0.5) is 0 Å². The average Bonchev–Trinajstić information content (AvgIpc) is 2.46. The van der Waals surface area contributed by atoms with Crippen LogP contribution in [0.15, 0.2) is 24.3 Å². The second-order valence-corrected chi connectivity index (χ2v) is 5.70. The third-order valence-electron chi connectivity index (χ3n) is 4.31. The van der Waals surface area contributed by atoms with Gasteiger partial charge in [-0.1, -0.05) is 18.2 Å². The maximum absolute atomic E-state index is 12.6. The summed E-state index contributed by atoms with van der Waals surface area (Å²) in [5, 5.41) is 0. The van der Waals surface area contributed by atoms with E-state index in [2.05, 4.69) is 17.9 Å². The van der Waals surface area contributed by atoms with Crippen molar-refractivity contribution in [3.05, 3.63) is 29.8 Å². The quantitative estimate of drug-likeness (QED) is 0.776. The lowest BCUT2D eigenvalue weighted by Crippen LogP contribution is -2.47. The molecule has 0 N–H and O–H groups in total. The van der Waals surface area contributed by atoms with Crippen LogP contribution in [-0.2, 0) is 11.2 Å². The van der Waals surface area contributed by atoms with Crippen molar-refractivity contribution in [1.29, 1.82) is 0 Å². The Hall–Kier alpha value is -1.51. The van der Waals surface area contributed by atoms with E-state index >= 15 is 0 Å². The lowest BCUT2D eigenvalue weighted by molar-refractivity contribution is -0.140. The molecule has 0 bridgehead atoms. The zero-order valence-electron chi connectivity index (χ0n) is 11.5. The molecule has 2 aliphatic heterocycles. The van der Waals surface area contributed by atoms with Crippen LogP contribution in [-0.4, -0.2) is 30.0 Å². The first-order valence-corrected chi connectivity index (χ1v) is 7.27. The van der Waals surface area contributed by atoms with Gasteiger partial charge in [0.05, 0.1) is 5.92 Å². The standard InChI is InChI=1S/C16H21NO2/c1-12-6-4-5-9-17(12)16(18)14-10-13-7-2-3-8-15(13)19-11-14/h2-3,7-8,12,14H,4-6,9-11H2,1H3. The van der Waals surface area contributed by atoms with E-state index in [0.717, 1.165) is 37.1 Å². The van der Waals surface area contributed by atoms with Gasteiger partial charge in [-0.05, 0) is 44.2 Å². The molecule has 19 heavy (non-hydrogen) atoms. The Morgan fingerprint density at radius 3 is 3.00 bits per heavy atom. The number of para-hydroxylation sites is 1. The first-order valence-electron chi connectivity index (χ1n) is 7.27. The van der Waals surface area contributed by atoms with Gasteiger partial charge in [-0.15, -0.1) is 0 Å². The van der Waals surface area contributed by atoms with Gasteiger partial charge in [0, 0.05) is 12.6 Å². The second-order valence-electron chi connectivity index (χ2n) is 5.70. The van der Waals surface area contributed by atoms with Gasteiger partial charge in [0.15, 0.2) is 0 Å². The molecule has 1 amide bonds. The van der Waals surface area contributed by atoms with Crippen molar-refractivity contribution in [1.82, 2.24) is 4.90 Å². The molecule has 2 atom stereocenters. The molecule has 0 aliphatic carbocycles. The molecule has 0 spiro atoms. The molecule has 1 aromatic carbocycles. The molecule has 3 nitrogen and oxygen atoms in total. The number of carbonyl (C=O) groups excluding carboxylic acids is 1. The maximum atomic E-state index is 12.6. The summed E-state index contributed by atoms with van der Waals surface area (Å²) in [6.45, 7) is 3.60.